The van der Waals surface area contributed by atoms with Crippen molar-refractivity contribution >= 4 is 5.91 Å². The summed E-state index contributed by atoms with van der Waals surface area (Å²) in [5.41, 5.74) is 0. The zero-order valence-corrected chi connectivity index (χ0v) is 12.7. The lowest BCUT2D eigenvalue weighted by Gasteiger charge is -2.39. The number of piperidine rings is 1. The van der Waals surface area contributed by atoms with Crippen LogP contribution in [-0.4, -0.2) is 60.5 Å². The summed E-state index contributed by atoms with van der Waals surface area (Å²) in [7, 11) is 1.96. The Kier molecular flexibility index (Phi) is 5.22. The quantitative estimate of drug-likeness (QED) is 0.791. The van der Waals surface area contributed by atoms with Crippen molar-refractivity contribution in [3.63, 3.8) is 0 Å². The smallest absolute Gasteiger partial charge is 0.236 e. The van der Waals surface area contributed by atoms with Crippen molar-refractivity contribution in [2.24, 2.45) is 0 Å². The molecule has 2 atom stereocenters. The number of likely N-dealkylation sites (N-methyl/N-ethyl adjacent to an activating group) is 2. The Morgan fingerprint density at radius 2 is 2.11 bits per heavy atom. The summed E-state index contributed by atoms with van der Waals surface area (Å²) < 4.78 is 0. The molecule has 2 fully saturated rings. The van der Waals surface area contributed by atoms with Gasteiger partial charge in [0.05, 0.1) is 6.54 Å². The van der Waals surface area contributed by atoms with E-state index >= 15 is 0 Å². The highest BCUT2D eigenvalue weighted by atomic mass is 16.2. The first-order chi connectivity index (χ1) is 9.13. The molecular formula is C15H29N3O. The van der Waals surface area contributed by atoms with Crippen LogP contribution in [0.1, 0.15) is 46.0 Å². The number of hydrogen-bond acceptors (Lipinski definition) is 3. The molecule has 0 aromatic carbocycles. The molecule has 0 spiro atoms. The number of likely N-dealkylation sites (tertiary alicyclic amines) is 1. The third-order valence-electron chi connectivity index (χ3n) is 4.59. The molecule has 0 aromatic rings. The molecule has 4 nitrogen and oxygen atoms in total. The highest BCUT2D eigenvalue weighted by Crippen LogP contribution is 2.26. The van der Waals surface area contributed by atoms with E-state index in [0.29, 0.717) is 30.6 Å². The average Bonchev–Trinajstić information content (AvgIpc) is 3.23. The first-order valence-electron chi connectivity index (χ1n) is 7.86. The van der Waals surface area contributed by atoms with Gasteiger partial charge in [0, 0.05) is 25.2 Å². The largest absolute Gasteiger partial charge is 0.342 e. The van der Waals surface area contributed by atoms with E-state index in [1.165, 1.54) is 32.1 Å². The average molecular weight is 267 g/mol. The number of rotatable bonds is 6. The van der Waals surface area contributed by atoms with E-state index < -0.39 is 0 Å². The molecule has 1 amide bonds. The number of hydrogen-bond donors (Lipinski definition) is 1. The summed E-state index contributed by atoms with van der Waals surface area (Å²) in [6, 6.07) is 1.52. The summed E-state index contributed by atoms with van der Waals surface area (Å²) in [6.07, 6.45) is 6.13. The highest BCUT2D eigenvalue weighted by molar-refractivity contribution is 5.78. The zero-order chi connectivity index (χ0) is 13.8. The molecule has 0 radical (unpaired) electrons. The Labute approximate surface area is 117 Å². The summed E-state index contributed by atoms with van der Waals surface area (Å²) in [6.45, 7) is 7.08. The van der Waals surface area contributed by atoms with Crippen molar-refractivity contribution in [1.82, 2.24) is 15.1 Å². The highest BCUT2D eigenvalue weighted by Gasteiger charge is 2.33. The van der Waals surface area contributed by atoms with Gasteiger partial charge in [-0.25, -0.2) is 0 Å². The van der Waals surface area contributed by atoms with Gasteiger partial charge in [0.1, 0.15) is 0 Å². The SMILES string of the molecule is CCNC(C)C1CCCCN1CC(=O)N(C)C1CC1. The van der Waals surface area contributed by atoms with Crippen molar-refractivity contribution in [2.45, 2.75) is 64.1 Å². The van der Waals surface area contributed by atoms with E-state index in [9.17, 15) is 4.79 Å². The number of amides is 1. The number of nitrogens with zero attached hydrogens (tertiary/aromatic N) is 2. The second-order valence-electron chi connectivity index (χ2n) is 6.12. The van der Waals surface area contributed by atoms with Crippen LogP contribution in [0.2, 0.25) is 0 Å². The third kappa shape index (κ3) is 3.93. The minimum atomic E-state index is 0.304. The molecular weight excluding hydrogens is 238 g/mol. The minimum absolute atomic E-state index is 0.304. The predicted octanol–water partition coefficient (Wildman–Crippen LogP) is 1.46. The van der Waals surface area contributed by atoms with Crippen molar-refractivity contribution in [2.75, 3.05) is 26.7 Å². The maximum atomic E-state index is 12.3. The summed E-state index contributed by atoms with van der Waals surface area (Å²) >= 11 is 0. The van der Waals surface area contributed by atoms with Gasteiger partial charge in [-0.05, 0) is 45.7 Å². The van der Waals surface area contributed by atoms with Crippen LogP contribution in [-0.2, 0) is 4.79 Å². The predicted molar refractivity (Wildman–Crippen MR) is 78.1 cm³/mol. The van der Waals surface area contributed by atoms with Gasteiger partial charge in [0.25, 0.3) is 0 Å². The molecule has 1 aliphatic carbocycles. The van der Waals surface area contributed by atoms with E-state index in [1.807, 2.05) is 11.9 Å². The Morgan fingerprint density at radius 3 is 2.74 bits per heavy atom. The van der Waals surface area contributed by atoms with E-state index in [0.717, 1.165) is 13.1 Å². The van der Waals surface area contributed by atoms with E-state index in [1.54, 1.807) is 0 Å². The van der Waals surface area contributed by atoms with Crippen LogP contribution in [0.4, 0.5) is 0 Å². The lowest BCUT2D eigenvalue weighted by atomic mass is 9.96. The lowest BCUT2D eigenvalue weighted by molar-refractivity contribution is -0.132. The third-order valence-corrected chi connectivity index (χ3v) is 4.59. The van der Waals surface area contributed by atoms with Gasteiger partial charge in [0.2, 0.25) is 5.91 Å². The Hall–Kier alpha value is -0.610. The minimum Gasteiger partial charge on any atom is -0.342 e. The van der Waals surface area contributed by atoms with Crippen LogP contribution < -0.4 is 5.32 Å². The first-order valence-corrected chi connectivity index (χ1v) is 7.86. The van der Waals surface area contributed by atoms with Gasteiger partial charge < -0.3 is 10.2 Å². The Bertz CT molecular complexity index is 304. The van der Waals surface area contributed by atoms with Crippen LogP contribution in [0.5, 0.6) is 0 Å². The van der Waals surface area contributed by atoms with Gasteiger partial charge in [-0.15, -0.1) is 0 Å². The van der Waals surface area contributed by atoms with Gasteiger partial charge in [-0.1, -0.05) is 13.3 Å². The van der Waals surface area contributed by atoms with Gasteiger partial charge in [-0.2, -0.15) is 0 Å². The normalized spacial score (nSPS) is 26.2. The first kappa shape index (κ1) is 14.8. The van der Waals surface area contributed by atoms with E-state index in [2.05, 4.69) is 24.1 Å². The van der Waals surface area contributed by atoms with Gasteiger partial charge >= 0.3 is 0 Å². The summed E-state index contributed by atoms with van der Waals surface area (Å²) in [5.74, 6) is 0.304. The fourth-order valence-electron chi connectivity index (χ4n) is 3.19. The summed E-state index contributed by atoms with van der Waals surface area (Å²) in [5, 5.41) is 3.52. The molecule has 19 heavy (non-hydrogen) atoms. The van der Waals surface area contributed by atoms with Crippen molar-refractivity contribution < 1.29 is 4.79 Å². The maximum absolute atomic E-state index is 12.3. The second-order valence-corrected chi connectivity index (χ2v) is 6.12. The van der Waals surface area contributed by atoms with E-state index in [4.69, 9.17) is 0 Å². The van der Waals surface area contributed by atoms with Crippen LogP contribution in [0, 0.1) is 0 Å². The summed E-state index contributed by atoms with van der Waals surface area (Å²) in [4.78, 5) is 16.6. The monoisotopic (exact) mass is 267 g/mol. The van der Waals surface area contributed by atoms with Crippen molar-refractivity contribution in [3.05, 3.63) is 0 Å². The van der Waals surface area contributed by atoms with Crippen LogP contribution in [0.25, 0.3) is 0 Å². The second kappa shape index (κ2) is 6.71. The zero-order valence-electron chi connectivity index (χ0n) is 12.7. The number of carbonyl (C=O) groups excluding carboxylic acids is 1. The Balaban J connectivity index is 1.89. The van der Waals surface area contributed by atoms with Crippen LogP contribution in [0.3, 0.4) is 0 Å². The molecule has 1 aliphatic heterocycles. The molecule has 1 saturated carbocycles. The molecule has 2 rings (SSSR count). The lowest BCUT2D eigenvalue weighted by Crippen LogP contribution is -2.53. The number of carbonyl (C=O) groups is 1. The molecule has 0 aromatic heterocycles. The molecule has 110 valence electrons. The van der Waals surface area contributed by atoms with Crippen LogP contribution >= 0.6 is 0 Å². The van der Waals surface area contributed by atoms with Crippen molar-refractivity contribution in [1.29, 1.82) is 0 Å². The topological polar surface area (TPSA) is 35.6 Å². The molecule has 4 heteroatoms. The van der Waals surface area contributed by atoms with Crippen molar-refractivity contribution in [3.8, 4) is 0 Å². The fourth-order valence-corrected chi connectivity index (χ4v) is 3.19. The van der Waals surface area contributed by atoms with Gasteiger partial charge in [0.15, 0.2) is 0 Å². The standard InChI is InChI=1S/C15H29N3O/c1-4-16-12(2)14-7-5-6-10-18(14)11-15(19)17(3)13-8-9-13/h12-14,16H,4-11H2,1-3H3. The molecule has 1 heterocycles. The van der Waals surface area contributed by atoms with E-state index in [-0.39, 0.29) is 0 Å². The Morgan fingerprint density at radius 1 is 1.37 bits per heavy atom. The molecule has 1 saturated heterocycles. The molecule has 2 unspecified atom stereocenters. The molecule has 0 bridgehead atoms. The molecule has 1 N–H and O–H groups in total. The maximum Gasteiger partial charge on any atom is 0.236 e. The number of nitrogens with one attached hydrogen (secondary N) is 1. The molecule has 2 aliphatic rings. The van der Waals surface area contributed by atoms with Crippen LogP contribution in [0.15, 0.2) is 0 Å². The fraction of sp³-hybridized carbons (Fsp3) is 0.933. The van der Waals surface area contributed by atoms with Gasteiger partial charge in [-0.3, -0.25) is 9.69 Å².